The molecule has 1 amide bonds. The highest BCUT2D eigenvalue weighted by molar-refractivity contribution is 7.13. The zero-order valence-corrected chi connectivity index (χ0v) is 8.97. The number of amides is 1. The summed E-state index contributed by atoms with van der Waals surface area (Å²) in [5, 5.41) is 5.14. The van der Waals surface area contributed by atoms with Gasteiger partial charge >= 0.3 is 0 Å². The number of hydrogen-bond acceptors (Lipinski definition) is 3. The average Bonchev–Trinajstić information content (AvgIpc) is 2.66. The minimum absolute atomic E-state index is 0.113. The first-order chi connectivity index (χ1) is 6.74. The van der Waals surface area contributed by atoms with Crippen LogP contribution < -0.4 is 5.32 Å². The largest absolute Gasteiger partial charge is 0.298 e. The molecular formula is C10H12N2OS. The fraction of sp³-hybridized carbons (Fsp3) is 0.200. The fourth-order valence-corrected chi connectivity index (χ4v) is 1.32. The molecule has 1 aromatic heterocycles. The van der Waals surface area contributed by atoms with Gasteiger partial charge in [-0.2, -0.15) is 0 Å². The zero-order chi connectivity index (χ0) is 10.4. The highest BCUT2D eigenvalue weighted by atomic mass is 32.1. The van der Waals surface area contributed by atoms with Crippen LogP contribution in [0.3, 0.4) is 0 Å². The number of anilines is 1. The van der Waals surface area contributed by atoms with Crippen LogP contribution in [0, 0.1) is 0 Å². The zero-order valence-electron chi connectivity index (χ0n) is 8.15. The molecule has 0 saturated heterocycles. The number of carbonyl (C=O) groups excluding carboxylic acids is 1. The lowest BCUT2D eigenvalue weighted by Crippen LogP contribution is -2.12. The Morgan fingerprint density at radius 1 is 1.64 bits per heavy atom. The predicted octanol–water partition coefficient (Wildman–Crippen LogP) is 2.60. The maximum atomic E-state index is 11.5. The van der Waals surface area contributed by atoms with E-state index < -0.39 is 0 Å². The Hall–Kier alpha value is -1.42. The highest BCUT2D eigenvalue weighted by Crippen LogP contribution is 2.11. The van der Waals surface area contributed by atoms with Crippen molar-refractivity contribution in [1.82, 2.24) is 4.98 Å². The molecule has 1 N–H and O–H groups in total. The third-order valence-corrected chi connectivity index (χ3v) is 2.24. The summed E-state index contributed by atoms with van der Waals surface area (Å²) in [6.07, 6.45) is 7.13. The van der Waals surface area contributed by atoms with E-state index in [1.54, 1.807) is 19.2 Å². The average molecular weight is 208 g/mol. The first kappa shape index (κ1) is 10.7. The SMILES string of the molecule is C/C=C\C=C(/C)C(=O)Nc1nccs1. The van der Waals surface area contributed by atoms with Gasteiger partial charge in [-0.25, -0.2) is 4.98 Å². The Labute approximate surface area is 87.2 Å². The van der Waals surface area contributed by atoms with Gasteiger partial charge in [0, 0.05) is 17.2 Å². The van der Waals surface area contributed by atoms with Gasteiger partial charge in [0.05, 0.1) is 0 Å². The molecule has 0 aliphatic carbocycles. The van der Waals surface area contributed by atoms with Crippen molar-refractivity contribution in [3.8, 4) is 0 Å². The third kappa shape index (κ3) is 3.14. The second-order valence-corrected chi connectivity index (χ2v) is 3.56. The van der Waals surface area contributed by atoms with Gasteiger partial charge in [-0.05, 0) is 13.8 Å². The van der Waals surface area contributed by atoms with Crippen LogP contribution in [-0.2, 0) is 4.79 Å². The van der Waals surface area contributed by atoms with Crippen molar-refractivity contribution >= 4 is 22.4 Å². The normalized spacial score (nSPS) is 12.0. The Kier molecular flexibility index (Phi) is 4.07. The minimum Gasteiger partial charge on any atom is -0.298 e. The number of nitrogens with one attached hydrogen (secondary N) is 1. The van der Waals surface area contributed by atoms with Crippen LogP contribution in [0.25, 0.3) is 0 Å². The molecule has 0 bridgehead atoms. The summed E-state index contributed by atoms with van der Waals surface area (Å²) in [5.74, 6) is -0.113. The first-order valence-corrected chi connectivity index (χ1v) is 5.12. The molecule has 0 aliphatic rings. The van der Waals surface area contributed by atoms with Crippen molar-refractivity contribution < 1.29 is 4.79 Å². The quantitative estimate of drug-likeness (QED) is 0.612. The van der Waals surface area contributed by atoms with E-state index in [4.69, 9.17) is 0 Å². The van der Waals surface area contributed by atoms with E-state index in [0.29, 0.717) is 10.7 Å². The molecule has 14 heavy (non-hydrogen) atoms. The second-order valence-electron chi connectivity index (χ2n) is 2.67. The predicted molar refractivity (Wildman–Crippen MR) is 59.3 cm³/mol. The molecule has 3 nitrogen and oxygen atoms in total. The Bertz CT molecular complexity index is 352. The Morgan fingerprint density at radius 2 is 2.43 bits per heavy atom. The summed E-state index contributed by atoms with van der Waals surface area (Å²) in [6.45, 7) is 3.67. The van der Waals surface area contributed by atoms with Crippen molar-refractivity contribution in [2.75, 3.05) is 5.32 Å². The number of aromatic nitrogens is 1. The molecule has 0 atom stereocenters. The van der Waals surface area contributed by atoms with E-state index in [1.165, 1.54) is 11.3 Å². The molecule has 4 heteroatoms. The Balaban J connectivity index is 2.58. The van der Waals surface area contributed by atoms with Gasteiger partial charge in [0.15, 0.2) is 5.13 Å². The molecule has 0 aliphatic heterocycles. The van der Waals surface area contributed by atoms with E-state index in [9.17, 15) is 4.79 Å². The van der Waals surface area contributed by atoms with E-state index in [2.05, 4.69) is 10.3 Å². The van der Waals surface area contributed by atoms with E-state index in [0.717, 1.165) is 0 Å². The summed E-state index contributed by atoms with van der Waals surface area (Å²) in [5.41, 5.74) is 0.665. The lowest BCUT2D eigenvalue weighted by Gasteiger charge is -1.99. The summed E-state index contributed by atoms with van der Waals surface area (Å²) < 4.78 is 0. The summed E-state index contributed by atoms with van der Waals surface area (Å²) in [7, 11) is 0. The van der Waals surface area contributed by atoms with Crippen LogP contribution in [-0.4, -0.2) is 10.9 Å². The van der Waals surface area contributed by atoms with Crippen LogP contribution in [0.2, 0.25) is 0 Å². The molecule has 0 spiro atoms. The number of rotatable bonds is 3. The first-order valence-electron chi connectivity index (χ1n) is 4.24. The number of carbonyl (C=O) groups is 1. The third-order valence-electron chi connectivity index (χ3n) is 1.55. The van der Waals surface area contributed by atoms with Crippen LogP contribution in [0.4, 0.5) is 5.13 Å². The van der Waals surface area contributed by atoms with Gasteiger partial charge in [0.1, 0.15) is 0 Å². The van der Waals surface area contributed by atoms with Crippen molar-refractivity contribution in [2.24, 2.45) is 0 Å². The Morgan fingerprint density at radius 3 is 3.00 bits per heavy atom. The number of nitrogens with zero attached hydrogens (tertiary/aromatic N) is 1. The van der Waals surface area contributed by atoms with Crippen molar-refractivity contribution in [3.05, 3.63) is 35.4 Å². The minimum atomic E-state index is -0.113. The van der Waals surface area contributed by atoms with Crippen molar-refractivity contribution in [1.29, 1.82) is 0 Å². The smallest absolute Gasteiger partial charge is 0.253 e. The van der Waals surface area contributed by atoms with Gasteiger partial charge < -0.3 is 0 Å². The standard InChI is InChI=1S/C10H12N2OS/c1-3-4-5-8(2)9(13)12-10-11-6-7-14-10/h3-7H,1-2H3,(H,11,12,13)/b4-3-,8-5+. The molecule has 74 valence electrons. The van der Waals surface area contributed by atoms with Gasteiger partial charge in [-0.1, -0.05) is 18.2 Å². The van der Waals surface area contributed by atoms with Crippen LogP contribution >= 0.6 is 11.3 Å². The van der Waals surface area contributed by atoms with E-state index in [-0.39, 0.29) is 5.91 Å². The topological polar surface area (TPSA) is 42.0 Å². The molecule has 0 unspecified atom stereocenters. The van der Waals surface area contributed by atoms with Crippen LogP contribution in [0.1, 0.15) is 13.8 Å². The lowest BCUT2D eigenvalue weighted by atomic mass is 10.2. The van der Waals surface area contributed by atoms with E-state index >= 15 is 0 Å². The van der Waals surface area contributed by atoms with Crippen LogP contribution in [0.15, 0.2) is 35.4 Å². The van der Waals surface area contributed by atoms with Gasteiger partial charge in [-0.3, -0.25) is 10.1 Å². The number of allylic oxidation sites excluding steroid dienone is 3. The highest BCUT2D eigenvalue weighted by Gasteiger charge is 2.04. The van der Waals surface area contributed by atoms with Crippen molar-refractivity contribution in [2.45, 2.75) is 13.8 Å². The fourth-order valence-electron chi connectivity index (χ4n) is 0.797. The second kappa shape index (κ2) is 5.34. The van der Waals surface area contributed by atoms with Gasteiger partial charge in [0.2, 0.25) is 0 Å². The molecule has 1 heterocycles. The maximum absolute atomic E-state index is 11.5. The molecular weight excluding hydrogens is 196 g/mol. The lowest BCUT2D eigenvalue weighted by molar-refractivity contribution is -0.112. The molecule has 1 aromatic rings. The molecule has 0 fully saturated rings. The molecule has 0 aromatic carbocycles. The molecule has 1 rings (SSSR count). The molecule has 0 saturated carbocycles. The summed E-state index contributed by atoms with van der Waals surface area (Å²) in [6, 6.07) is 0. The maximum Gasteiger partial charge on any atom is 0.253 e. The summed E-state index contributed by atoms with van der Waals surface area (Å²) in [4.78, 5) is 15.4. The van der Waals surface area contributed by atoms with Crippen LogP contribution in [0.5, 0.6) is 0 Å². The molecule has 0 radical (unpaired) electrons. The van der Waals surface area contributed by atoms with Gasteiger partial charge in [-0.15, -0.1) is 11.3 Å². The number of thiazole rings is 1. The summed E-state index contributed by atoms with van der Waals surface area (Å²) >= 11 is 1.40. The monoisotopic (exact) mass is 208 g/mol. The van der Waals surface area contributed by atoms with Gasteiger partial charge in [0.25, 0.3) is 5.91 Å². The van der Waals surface area contributed by atoms with E-state index in [1.807, 2.05) is 24.5 Å². The number of hydrogen-bond donors (Lipinski definition) is 1. The van der Waals surface area contributed by atoms with Crippen molar-refractivity contribution in [3.63, 3.8) is 0 Å².